The number of rotatable bonds is 7. The number of halogens is 1. The standard InChI is InChI=1S/C23H28N4O.HI/c1-24-23(25-14-13-17-15-26-21-11-4-3-10-20(17)21)27-16-18-7-2-5-12-22(18)28-19-8-6-9-19;/h2-5,7,10-12,15,19,26H,6,8-9,13-14,16H2,1H3,(H2,24,25,27);1H. The maximum Gasteiger partial charge on any atom is 0.191 e. The Morgan fingerprint density at radius 3 is 2.66 bits per heavy atom. The van der Waals surface area contributed by atoms with E-state index >= 15 is 0 Å². The largest absolute Gasteiger partial charge is 0.490 e. The summed E-state index contributed by atoms with van der Waals surface area (Å²) in [4.78, 5) is 7.68. The zero-order valence-corrected chi connectivity index (χ0v) is 19.1. The lowest BCUT2D eigenvalue weighted by Crippen LogP contribution is -2.38. The highest BCUT2D eigenvalue weighted by Crippen LogP contribution is 2.27. The number of ether oxygens (including phenoxy) is 1. The van der Waals surface area contributed by atoms with Crippen LogP contribution in [0, 0.1) is 0 Å². The summed E-state index contributed by atoms with van der Waals surface area (Å²) in [5.74, 6) is 1.78. The smallest absolute Gasteiger partial charge is 0.191 e. The zero-order valence-electron chi connectivity index (χ0n) is 16.8. The summed E-state index contributed by atoms with van der Waals surface area (Å²) < 4.78 is 6.11. The molecule has 1 fully saturated rings. The van der Waals surface area contributed by atoms with Crippen LogP contribution in [0.5, 0.6) is 5.75 Å². The molecule has 1 aliphatic rings. The molecule has 0 radical (unpaired) electrons. The number of benzene rings is 2. The van der Waals surface area contributed by atoms with E-state index in [2.05, 4.69) is 69.3 Å². The molecule has 29 heavy (non-hydrogen) atoms. The van der Waals surface area contributed by atoms with Gasteiger partial charge in [0.25, 0.3) is 0 Å². The third-order valence-corrected chi connectivity index (χ3v) is 5.35. The predicted octanol–water partition coefficient (Wildman–Crippen LogP) is 4.62. The Kier molecular flexibility index (Phi) is 7.80. The van der Waals surface area contributed by atoms with Gasteiger partial charge in [-0.15, -0.1) is 24.0 Å². The Bertz CT molecular complexity index is 949. The first kappa shape index (κ1) is 21.5. The molecule has 5 nitrogen and oxygen atoms in total. The maximum absolute atomic E-state index is 6.11. The van der Waals surface area contributed by atoms with Crippen molar-refractivity contribution in [1.82, 2.24) is 15.6 Å². The van der Waals surface area contributed by atoms with E-state index in [0.717, 1.165) is 30.2 Å². The van der Waals surface area contributed by atoms with Gasteiger partial charge in [-0.3, -0.25) is 4.99 Å². The summed E-state index contributed by atoms with van der Waals surface area (Å²) >= 11 is 0. The summed E-state index contributed by atoms with van der Waals surface area (Å²) in [6, 6.07) is 16.7. The van der Waals surface area contributed by atoms with E-state index in [0.29, 0.717) is 12.6 Å². The molecular formula is C23H29IN4O. The molecule has 2 aromatic carbocycles. The molecule has 3 N–H and O–H groups in total. The predicted molar refractivity (Wildman–Crippen MR) is 130 cm³/mol. The molecular weight excluding hydrogens is 475 g/mol. The van der Waals surface area contributed by atoms with Crippen molar-refractivity contribution in [3.05, 3.63) is 65.9 Å². The summed E-state index contributed by atoms with van der Waals surface area (Å²) in [5, 5.41) is 8.10. The fourth-order valence-corrected chi connectivity index (χ4v) is 3.49. The van der Waals surface area contributed by atoms with Crippen LogP contribution in [-0.2, 0) is 13.0 Å². The average molecular weight is 504 g/mol. The molecule has 0 amide bonds. The van der Waals surface area contributed by atoms with E-state index in [1.807, 2.05) is 6.07 Å². The van der Waals surface area contributed by atoms with Gasteiger partial charge >= 0.3 is 0 Å². The molecule has 0 atom stereocenters. The molecule has 1 aromatic heterocycles. The first-order valence-electron chi connectivity index (χ1n) is 10.1. The molecule has 1 aliphatic carbocycles. The molecule has 4 rings (SSSR count). The van der Waals surface area contributed by atoms with Gasteiger partial charge in [0.05, 0.1) is 6.10 Å². The molecule has 1 heterocycles. The number of fused-ring (bicyclic) bond motifs is 1. The maximum atomic E-state index is 6.11. The van der Waals surface area contributed by atoms with Gasteiger partial charge in [0.15, 0.2) is 5.96 Å². The number of nitrogens with zero attached hydrogens (tertiary/aromatic N) is 1. The number of H-pyrrole nitrogens is 1. The van der Waals surface area contributed by atoms with Crippen LogP contribution in [0.4, 0.5) is 0 Å². The molecule has 6 heteroatoms. The summed E-state index contributed by atoms with van der Waals surface area (Å²) in [7, 11) is 1.80. The fraction of sp³-hybridized carbons (Fsp3) is 0.348. The van der Waals surface area contributed by atoms with Crippen LogP contribution in [0.15, 0.2) is 59.7 Å². The highest BCUT2D eigenvalue weighted by molar-refractivity contribution is 14.0. The third-order valence-electron chi connectivity index (χ3n) is 5.35. The van der Waals surface area contributed by atoms with Gasteiger partial charge in [-0.25, -0.2) is 0 Å². The minimum absolute atomic E-state index is 0. The molecule has 0 spiro atoms. The monoisotopic (exact) mass is 504 g/mol. The molecule has 154 valence electrons. The number of aromatic nitrogens is 1. The number of hydrogen-bond acceptors (Lipinski definition) is 2. The van der Waals surface area contributed by atoms with Crippen molar-refractivity contribution < 1.29 is 4.74 Å². The quantitative estimate of drug-likeness (QED) is 0.250. The topological polar surface area (TPSA) is 61.4 Å². The highest BCUT2D eigenvalue weighted by Gasteiger charge is 2.20. The number of aromatic amines is 1. The lowest BCUT2D eigenvalue weighted by molar-refractivity contribution is 0.119. The van der Waals surface area contributed by atoms with Gasteiger partial charge in [-0.05, 0) is 43.4 Å². The molecule has 3 aromatic rings. The Labute approximate surface area is 189 Å². The number of guanidine groups is 1. The van der Waals surface area contributed by atoms with E-state index in [1.54, 1.807) is 7.05 Å². The Morgan fingerprint density at radius 1 is 1.07 bits per heavy atom. The Hall–Kier alpha value is -2.22. The summed E-state index contributed by atoms with van der Waals surface area (Å²) in [6.45, 7) is 1.51. The van der Waals surface area contributed by atoms with Crippen LogP contribution in [0.2, 0.25) is 0 Å². The van der Waals surface area contributed by atoms with Crippen molar-refractivity contribution in [3.8, 4) is 5.75 Å². The average Bonchev–Trinajstić information content (AvgIpc) is 3.11. The normalized spacial score (nSPS) is 14.2. The van der Waals surface area contributed by atoms with E-state index in [-0.39, 0.29) is 24.0 Å². The molecule has 1 saturated carbocycles. The van der Waals surface area contributed by atoms with E-state index in [1.165, 1.54) is 35.7 Å². The van der Waals surface area contributed by atoms with Crippen molar-refractivity contribution in [2.24, 2.45) is 4.99 Å². The lowest BCUT2D eigenvalue weighted by atomic mass is 9.96. The number of aliphatic imine (C=N–C) groups is 1. The molecule has 0 saturated heterocycles. The number of hydrogen-bond donors (Lipinski definition) is 3. The second kappa shape index (κ2) is 10.5. The van der Waals surface area contributed by atoms with Crippen molar-refractivity contribution in [2.75, 3.05) is 13.6 Å². The van der Waals surface area contributed by atoms with Crippen molar-refractivity contribution in [3.63, 3.8) is 0 Å². The van der Waals surface area contributed by atoms with Crippen LogP contribution in [0.3, 0.4) is 0 Å². The van der Waals surface area contributed by atoms with Crippen LogP contribution < -0.4 is 15.4 Å². The van der Waals surface area contributed by atoms with E-state index in [9.17, 15) is 0 Å². The summed E-state index contributed by atoms with van der Waals surface area (Å²) in [6.07, 6.45) is 7.02. The number of nitrogens with one attached hydrogen (secondary N) is 3. The van der Waals surface area contributed by atoms with Gasteiger partial charge in [0.2, 0.25) is 0 Å². The van der Waals surface area contributed by atoms with Crippen LogP contribution in [-0.4, -0.2) is 30.6 Å². The fourth-order valence-electron chi connectivity index (χ4n) is 3.49. The number of para-hydroxylation sites is 2. The molecule has 0 bridgehead atoms. The lowest BCUT2D eigenvalue weighted by Gasteiger charge is -2.27. The highest BCUT2D eigenvalue weighted by atomic mass is 127. The van der Waals surface area contributed by atoms with Gasteiger partial charge in [-0.2, -0.15) is 0 Å². The second-order valence-corrected chi connectivity index (χ2v) is 7.24. The van der Waals surface area contributed by atoms with Crippen LogP contribution >= 0.6 is 24.0 Å². The first-order valence-corrected chi connectivity index (χ1v) is 10.1. The Morgan fingerprint density at radius 2 is 1.86 bits per heavy atom. The van der Waals surface area contributed by atoms with Gasteiger partial charge in [-0.1, -0.05) is 36.4 Å². The first-order chi connectivity index (χ1) is 13.8. The van der Waals surface area contributed by atoms with Gasteiger partial charge in [0.1, 0.15) is 5.75 Å². The van der Waals surface area contributed by atoms with Gasteiger partial charge < -0.3 is 20.4 Å². The van der Waals surface area contributed by atoms with Crippen molar-refractivity contribution in [2.45, 2.75) is 38.3 Å². The van der Waals surface area contributed by atoms with Gasteiger partial charge in [0, 0.05) is 42.8 Å². The van der Waals surface area contributed by atoms with Crippen LogP contribution in [0.25, 0.3) is 10.9 Å². The van der Waals surface area contributed by atoms with Crippen molar-refractivity contribution in [1.29, 1.82) is 0 Å². The minimum atomic E-state index is 0. The summed E-state index contributed by atoms with van der Waals surface area (Å²) in [5.41, 5.74) is 3.66. The Balaban J connectivity index is 0.00000240. The molecule has 0 unspecified atom stereocenters. The van der Waals surface area contributed by atoms with E-state index < -0.39 is 0 Å². The SMILES string of the molecule is CN=C(NCCc1c[nH]c2ccccc12)NCc1ccccc1OC1CCC1.I. The molecule has 0 aliphatic heterocycles. The van der Waals surface area contributed by atoms with Crippen LogP contribution in [0.1, 0.15) is 30.4 Å². The third kappa shape index (κ3) is 5.44. The second-order valence-electron chi connectivity index (χ2n) is 7.24. The van der Waals surface area contributed by atoms with E-state index in [4.69, 9.17) is 4.74 Å². The zero-order chi connectivity index (χ0) is 19.2. The minimum Gasteiger partial charge on any atom is -0.490 e. The van der Waals surface area contributed by atoms with Crippen molar-refractivity contribution >= 4 is 40.8 Å².